The average Bonchev–Trinajstić information content (AvgIpc) is 3.50. The highest BCUT2D eigenvalue weighted by atomic mass is 35.5. The van der Waals surface area contributed by atoms with Crippen LogP contribution in [0.2, 0.25) is 5.02 Å². The van der Waals surface area contributed by atoms with E-state index in [1.54, 1.807) is 22.2 Å². The summed E-state index contributed by atoms with van der Waals surface area (Å²) < 4.78 is 9.67. The summed E-state index contributed by atoms with van der Waals surface area (Å²) in [6.45, 7) is 4.37. The van der Waals surface area contributed by atoms with Crippen molar-refractivity contribution in [2.75, 3.05) is 0 Å². The highest BCUT2D eigenvalue weighted by Gasteiger charge is 2.22. The van der Waals surface area contributed by atoms with E-state index in [9.17, 15) is 0 Å². The minimum Gasteiger partial charge on any atom is -0.456 e. The van der Waals surface area contributed by atoms with Crippen LogP contribution in [0.5, 0.6) is 0 Å². The van der Waals surface area contributed by atoms with Crippen molar-refractivity contribution in [3.63, 3.8) is 0 Å². The van der Waals surface area contributed by atoms with Crippen LogP contribution in [0.4, 0.5) is 0 Å². The van der Waals surface area contributed by atoms with E-state index in [0.29, 0.717) is 23.2 Å². The number of rotatable bonds is 3. The van der Waals surface area contributed by atoms with Gasteiger partial charge in [-0.05, 0) is 57.2 Å². The quantitative estimate of drug-likeness (QED) is 0.396. The largest absolute Gasteiger partial charge is 0.456 e. The predicted molar refractivity (Wildman–Crippen MR) is 116 cm³/mol. The van der Waals surface area contributed by atoms with Gasteiger partial charge in [-0.2, -0.15) is 5.10 Å². The number of halogens is 1. The van der Waals surface area contributed by atoms with Crippen LogP contribution in [0, 0.1) is 13.8 Å². The molecule has 0 N–H and O–H groups in total. The van der Waals surface area contributed by atoms with E-state index in [4.69, 9.17) is 21.0 Å². The fraction of sp³-hybridized carbons (Fsp3) is 0.333. The fourth-order valence-electron chi connectivity index (χ4n) is 4.22. The molecule has 1 aliphatic rings. The zero-order chi connectivity index (χ0) is 20.4. The van der Waals surface area contributed by atoms with Crippen molar-refractivity contribution < 1.29 is 4.42 Å². The molecule has 152 valence electrons. The van der Waals surface area contributed by atoms with Crippen LogP contribution >= 0.6 is 22.9 Å². The Morgan fingerprint density at radius 1 is 1.17 bits per heavy atom. The highest BCUT2D eigenvalue weighted by Crippen LogP contribution is 2.37. The first-order valence-electron chi connectivity index (χ1n) is 10.0. The third-order valence-electron chi connectivity index (χ3n) is 5.77. The van der Waals surface area contributed by atoms with E-state index in [2.05, 4.69) is 15.2 Å². The lowest BCUT2D eigenvalue weighted by molar-refractivity contribution is 0.483. The first-order chi connectivity index (χ1) is 14.6. The molecule has 5 heterocycles. The van der Waals surface area contributed by atoms with Crippen molar-refractivity contribution in [1.29, 1.82) is 0 Å². The van der Waals surface area contributed by atoms with Gasteiger partial charge in [0.1, 0.15) is 16.9 Å². The van der Waals surface area contributed by atoms with Gasteiger partial charge in [0.2, 0.25) is 5.82 Å². The molecule has 0 saturated carbocycles. The van der Waals surface area contributed by atoms with Gasteiger partial charge in [-0.25, -0.2) is 14.5 Å². The summed E-state index contributed by atoms with van der Waals surface area (Å²) in [5.41, 5.74) is 4.00. The van der Waals surface area contributed by atoms with Crippen molar-refractivity contribution in [1.82, 2.24) is 29.4 Å². The molecule has 0 atom stereocenters. The fourth-order valence-corrected chi connectivity index (χ4v) is 5.58. The number of aromatic nitrogens is 6. The topological polar surface area (TPSA) is 74.0 Å². The lowest BCUT2D eigenvalue weighted by atomic mass is 9.97. The molecule has 9 heteroatoms. The third-order valence-corrected chi connectivity index (χ3v) is 7.52. The van der Waals surface area contributed by atoms with Crippen LogP contribution in [0.15, 0.2) is 22.9 Å². The van der Waals surface area contributed by atoms with E-state index in [1.165, 1.54) is 23.3 Å². The van der Waals surface area contributed by atoms with Crippen molar-refractivity contribution in [3.05, 3.63) is 51.1 Å². The van der Waals surface area contributed by atoms with E-state index < -0.39 is 0 Å². The van der Waals surface area contributed by atoms with Crippen LogP contribution in [-0.2, 0) is 19.4 Å². The number of furan rings is 1. The van der Waals surface area contributed by atoms with Crippen molar-refractivity contribution in [2.45, 2.75) is 46.1 Å². The standard InChI is InChI=1S/C21H19ClN6OS/c1-11-18(22)12(2)27(25-11)9-13-7-8-15(29-13)19-24-20-17-14-5-3-4-6-16(14)30-21(17)23-10-28(20)26-19/h7-8,10H,3-6,9H2,1-2H3. The van der Waals surface area contributed by atoms with Gasteiger partial charge in [0.15, 0.2) is 11.4 Å². The zero-order valence-electron chi connectivity index (χ0n) is 16.6. The molecule has 7 nitrogen and oxygen atoms in total. The number of thiophene rings is 1. The Morgan fingerprint density at radius 2 is 2.03 bits per heavy atom. The molecule has 0 spiro atoms. The second-order valence-corrected chi connectivity index (χ2v) is 9.21. The average molecular weight is 439 g/mol. The van der Waals surface area contributed by atoms with Crippen molar-refractivity contribution in [2.24, 2.45) is 0 Å². The molecule has 0 amide bonds. The van der Waals surface area contributed by atoms with E-state index in [1.807, 2.05) is 30.7 Å². The van der Waals surface area contributed by atoms with Gasteiger partial charge >= 0.3 is 0 Å². The van der Waals surface area contributed by atoms with Crippen LogP contribution in [0.3, 0.4) is 0 Å². The summed E-state index contributed by atoms with van der Waals surface area (Å²) in [6.07, 6.45) is 6.46. The summed E-state index contributed by atoms with van der Waals surface area (Å²) >= 11 is 8.05. The maximum atomic E-state index is 6.26. The van der Waals surface area contributed by atoms with Gasteiger partial charge in [0.05, 0.1) is 28.3 Å². The Bertz CT molecular complexity index is 1420. The Morgan fingerprint density at radius 3 is 2.87 bits per heavy atom. The Balaban J connectivity index is 1.39. The number of nitrogens with zero attached hydrogens (tertiary/aromatic N) is 6. The smallest absolute Gasteiger partial charge is 0.217 e. The monoisotopic (exact) mass is 438 g/mol. The second kappa shape index (κ2) is 6.65. The number of aryl methyl sites for hydroxylation is 3. The molecule has 0 saturated heterocycles. The van der Waals surface area contributed by atoms with Gasteiger partial charge in [0.25, 0.3) is 0 Å². The van der Waals surface area contributed by atoms with Crippen LogP contribution < -0.4 is 0 Å². The van der Waals surface area contributed by atoms with Gasteiger partial charge < -0.3 is 4.42 Å². The SMILES string of the molecule is Cc1nn(Cc2ccc(-c3nc4c5c6c(sc5ncn4n3)CCCC6)o2)c(C)c1Cl. The Hall–Kier alpha value is -2.71. The molecule has 30 heavy (non-hydrogen) atoms. The van der Waals surface area contributed by atoms with E-state index in [0.717, 1.165) is 45.9 Å². The molecule has 5 aromatic heterocycles. The number of hydrogen-bond acceptors (Lipinski definition) is 6. The van der Waals surface area contributed by atoms with E-state index >= 15 is 0 Å². The molecule has 0 fully saturated rings. The summed E-state index contributed by atoms with van der Waals surface area (Å²) in [5.74, 6) is 1.98. The molecule has 0 aromatic carbocycles. The van der Waals surface area contributed by atoms with Crippen LogP contribution in [0.1, 0.15) is 40.4 Å². The minimum absolute atomic E-state index is 0.511. The second-order valence-electron chi connectivity index (χ2n) is 7.75. The van der Waals surface area contributed by atoms with Gasteiger partial charge in [-0.1, -0.05) is 11.6 Å². The Labute approximate surface area is 181 Å². The number of hydrogen-bond donors (Lipinski definition) is 0. The summed E-state index contributed by atoms with van der Waals surface area (Å²) in [4.78, 5) is 12.0. The molecule has 6 rings (SSSR count). The molecule has 1 aliphatic carbocycles. The third kappa shape index (κ3) is 2.70. The lowest BCUT2D eigenvalue weighted by Gasteiger charge is -2.09. The zero-order valence-corrected chi connectivity index (χ0v) is 18.2. The van der Waals surface area contributed by atoms with Gasteiger partial charge in [0, 0.05) is 4.88 Å². The molecule has 0 unspecified atom stereocenters. The maximum Gasteiger partial charge on any atom is 0.217 e. The summed E-state index contributed by atoms with van der Waals surface area (Å²) in [6, 6.07) is 3.84. The molecule has 5 aromatic rings. The van der Waals surface area contributed by atoms with Crippen LogP contribution in [-0.4, -0.2) is 29.4 Å². The highest BCUT2D eigenvalue weighted by molar-refractivity contribution is 7.19. The molecule has 0 radical (unpaired) electrons. The lowest BCUT2D eigenvalue weighted by Crippen LogP contribution is -2.02. The number of fused-ring (bicyclic) bond motifs is 5. The normalized spacial score (nSPS) is 14.1. The summed E-state index contributed by atoms with van der Waals surface area (Å²) in [7, 11) is 0. The Kier molecular flexibility index (Phi) is 4.01. The molecule has 0 bridgehead atoms. The van der Waals surface area contributed by atoms with Crippen molar-refractivity contribution >= 4 is 38.8 Å². The van der Waals surface area contributed by atoms with Gasteiger partial charge in [-0.15, -0.1) is 16.4 Å². The van der Waals surface area contributed by atoms with Crippen LogP contribution in [0.25, 0.3) is 27.4 Å². The van der Waals surface area contributed by atoms with E-state index in [-0.39, 0.29) is 0 Å². The molecular weight excluding hydrogens is 420 g/mol. The minimum atomic E-state index is 0.511. The van der Waals surface area contributed by atoms with Crippen molar-refractivity contribution in [3.8, 4) is 11.6 Å². The molecular formula is C21H19ClN6OS. The van der Waals surface area contributed by atoms with Gasteiger partial charge in [-0.3, -0.25) is 4.68 Å². The predicted octanol–water partition coefficient (Wildman–Crippen LogP) is 4.99. The first-order valence-corrected chi connectivity index (χ1v) is 11.2. The first kappa shape index (κ1) is 18.1. The summed E-state index contributed by atoms with van der Waals surface area (Å²) in [5, 5.41) is 10.9. The molecule has 0 aliphatic heterocycles. The maximum absolute atomic E-state index is 6.26.